The van der Waals surface area contributed by atoms with Crippen molar-refractivity contribution < 1.29 is 23.5 Å². The number of halogens is 1. The minimum atomic E-state index is -0.716. The highest BCUT2D eigenvalue weighted by molar-refractivity contribution is 5.91. The highest BCUT2D eigenvalue weighted by Crippen LogP contribution is 2.55. The van der Waals surface area contributed by atoms with Crippen LogP contribution in [0.15, 0.2) is 18.2 Å². The first-order valence-electron chi connectivity index (χ1n) is 9.28. The minimum absolute atomic E-state index is 0.0566. The maximum atomic E-state index is 13.7. The van der Waals surface area contributed by atoms with Gasteiger partial charge in [-0.05, 0) is 74.5 Å². The van der Waals surface area contributed by atoms with Crippen LogP contribution in [-0.2, 0) is 9.53 Å². The van der Waals surface area contributed by atoms with Crippen LogP contribution in [0.3, 0.4) is 0 Å². The number of nitrogens with one attached hydrogen (secondary N) is 1. The Kier molecular flexibility index (Phi) is 4.37. The predicted molar refractivity (Wildman–Crippen MR) is 92.3 cm³/mol. The minimum Gasteiger partial charge on any atom is -0.494 e. The van der Waals surface area contributed by atoms with Crippen molar-refractivity contribution in [3.05, 3.63) is 29.6 Å². The molecule has 0 radical (unpaired) electrons. The number of amides is 1. The highest BCUT2D eigenvalue weighted by atomic mass is 19.1. The Labute approximate surface area is 152 Å². The Bertz CT molecular complexity index is 697. The van der Waals surface area contributed by atoms with Crippen molar-refractivity contribution in [2.24, 2.45) is 17.8 Å². The highest BCUT2D eigenvalue weighted by Gasteiger charge is 2.51. The lowest BCUT2D eigenvalue weighted by Crippen LogP contribution is -2.60. The fourth-order valence-corrected chi connectivity index (χ4v) is 5.60. The van der Waals surface area contributed by atoms with E-state index in [1.165, 1.54) is 38.5 Å². The van der Waals surface area contributed by atoms with Crippen LogP contribution in [0.25, 0.3) is 0 Å². The molecule has 0 aliphatic heterocycles. The third-order valence-corrected chi connectivity index (χ3v) is 6.16. The summed E-state index contributed by atoms with van der Waals surface area (Å²) in [5.41, 5.74) is -0.0457. The Morgan fingerprint density at radius 1 is 1.15 bits per heavy atom. The molecule has 1 aromatic rings. The number of ether oxygens (including phenoxy) is 2. The molecule has 6 heteroatoms. The van der Waals surface area contributed by atoms with Crippen molar-refractivity contribution >= 4 is 11.9 Å². The van der Waals surface area contributed by atoms with Gasteiger partial charge in [0.15, 0.2) is 18.2 Å². The third kappa shape index (κ3) is 3.29. The van der Waals surface area contributed by atoms with Gasteiger partial charge in [0.05, 0.1) is 12.7 Å². The number of esters is 1. The topological polar surface area (TPSA) is 64.6 Å². The maximum absolute atomic E-state index is 13.7. The molecule has 26 heavy (non-hydrogen) atoms. The van der Waals surface area contributed by atoms with Crippen molar-refractivity contribution in [1.82, 2.24) is 5.32 Å². The third-order valence-electron chi connectivity index (χ3n) is 6.16. The van der Waals surface area contributed by atoms with Crippen molar-refractivity contribution in [3.8, 4) is 5.75 Å². The van der Waals surface area contributed by atoms with Gasteiger partial charge in [-0.15, -0.1) is 0 Å². The molecule has 0 aromatic heterocycles. The van der Waals surface area contributed by atoms with Crippen molar-refractivity contribution in [3.63, 3.8) is 0 Å². The Balaban J connectivity index is 1.33. The van der Waals surface area contributed by atoms with Crippen molar-refractivity contribution in [2.45, 2.75) is 44.1 Å². The van der Waals surface area contributed by atoms with Gasteiger partial charge in [0, 0.05) is 5.54 Å². The van der Waals surface area contributed by atoms with E-state index in [1.54, 1.807) is 0 Å². The number of rotatable bonds is 5. The van der Waals surface area contributed by atoms with Crippen LogP contribution >= 0.6 is 0 Å². The van der Waals surface area contributed by atoms with E-state index in [-0.39, 0.29) is 29.4 Å². The zero-order valence-corrected chi connectivity index (χ0v) is 14.9. The SMILES string of the molecule is COc1ccc(C(=O)OCC(=O)NC23CC4CC(CC(C4)C2)C3)cc1F. The number of benzene rings is 1. The second-order valence-corrected chi connectivity index (χ2v) is 8.17. The molecular formula is C20H24FNO4. The van der Waals surface area contributed by atoms with Crippen LogP contribution in [-0.4, -0.2) is 31.1 Å². The first kappa shape index (κ1) is 17.3. The smallest absolute Gasteiger partial charge is 0.338 e. The van der Waals surface area contributed by atoms with E-state index in [9.17, 15) is 14.0 Å². The van der Waals surface area contributed by atoms with Crippen molar-refractivity contribution in [1.29, 1.82) is 0 Å². The summed E-state index contributed by atoms with van der Waals surface area (Å²) in [6, 6.07) is 3.83. The van der Waals surface area contributed by atoms with E-state index in [4.69, 9.17) is 9.47 Å². The van der Waals surface area contributed by atoms with Crippen LogP contribution in [0.4, 0.5) is 4.39 Å². The number of carbonyl (C=O) groups is 2. The summed E-state index contributed by atoms with van der Waals surface area (Å²) in [7, 11) is 1.35. The first-order chi connectivity index (χ1) is 12.5. The largest absolute Gasteiger partial charge is 0.494 e. The summed E-state index contributed by atoms with van der Waals surface area (Å²) in [6.07, 6.45) is 7.03. The second kappa shape index (κ2) is 6.56. The van der Waals surface area contributed by atoms with Gasteiger partial charge in [-0.1, -0.05) is 0 Å². The molecule has 1 amide bonds. The normalized spacial score (nSPS) is 31.5. The summed E-state index contributed by atoms with van der Waals surface area (Å²) >= 11 is 0. The lowest BCUT2D eigenvalue weighted by molar-refractivity contribution is -0.130. The standard InChI is InChI=1S/C20H24FNO4/c1-25-17-3-2-15(7-16(17)21)19(24)26-11-18(23)22-20-8-12-4-13(9-20)6-14(5-12)10-20/h2-3,7,12-14H,4-6,8-11H2,1H3,(H,22,23). The molecule has 0 heterocycles. The van der Waals surface area contributed by atoms with E-state index >= 15 is 0 Å². The molecular weight excluding hydrogens is 337 g/mol. The molecule has 0 saturated heterocycles. The summed E-state index contributed by atoms with van der Waals surface area (Å²) in [5, 5.41) is 3.15. The summed E-state index contributed by atoms with van der Waals surface area (Å²) in [4.78, 5) is 24.4. The van der Waals surface area contributed by atoms with Crippen LogP contribution < -0.4 is 10.1 Å². The molecule has 140 valence electrons. The van der Waals surface area contributed by atoms with Crippen LogP contribution in [0.5, 0.6) is 5.75 Å². The average molecular weight is 361 g/mol. The second-order valence-electron chi connectivity index (χ2n) is 8.17. The quantitative estimate of drug-likeness (QED) is 0.819. The molecule has 0 unspecified atom stereocenters. The van der Waals surface area contributed by atoms with E-state index in [0.717, 1.165) is 43.1 Å². The van der Waals surface area contributed by atoms with E-state index in [0.29, 0.717) is 0 Å². The fraction of sp³-hybridized carbons (Fsp3) is 0.600. The summed E-state index contributed by atoms with van der Waals surface area (Å²) in [5.74, 6) is 0.617. The number of methoxy groups -OCH3 is 1. The Morgan fingerprint density at radius 3 is 2.31 bits per heavy atom. The molecule has 4 saturated carbocycles. The van der Waals surface area contributed by atoms with E-state index in [1.807, 2.05) is 0 Å². The first-order valence-corrected chi connectivity index (χ1v) is 9.28. The van der Waals surface area contributed by atoms with Crippen LogP contribution in [0.2, 0.25) is 0 Å². The molecule has 0 atom stereocenters. The summed E-state index contributed by atoms with van der Waals surface area (Å²) in [6.45, 7) is -0.339. The van der Waals surface area contributed by atoms with Gasteiger partial charge in [0.2, 0.25) is 0 Å². The van der Waals surface area contributed by atoms with E-state index < -0.39 is 11.8 Å². The number of hydrogen-bond donors (Lipinski definition) is 1. The van der Waals surface area contributed by atoms with E-state index in [2.05, 4.69) is 5.32 Å². The van der Waals surface area contributed by atoms with Gasteiger partial charge in [-0.2, -0.15) is 0 Å². The van der Waals surface area contributed by atoms with Crippen molar-refractivity contribution in [2.75, 3.05) is 13.7 Å². The van der Waals surface area contributed by atoms with Gasteiger partial charge >= 0.3 is 5.97 Å². The monoisotopic (exact) mass is 361 g/mol. The predicted octanol–water partition coefficient (Wildman–Crippen LogP) is 3.08. The zero-order chi connectivity index (χ0) is 18.3. The van der Waals surface area contributed by atoms with Crippen LogP contribution in [0, 0.1) is 23.6 Å². The lowest BCUT2D eigenvalue weighted by atomic mass is 9.53. The molecule has 4 fully saturated rings. The molecule has 4 bridgehead atoms. The maximum Gasteiger partial charge on any atom is 0.338 e. The molecule has 5 nitrogen and oxygen atoms in total. The molecule has 5 rings (SSSR count). The molecule has 1 N–H and O–H groups in total. The molecule has 1 aromatic carbocycles. The van der Waals surface area contributed by atoms with Gasteiger partial charge in [-0.3, -0.25) is 4.79 Å². The van der Waals surface area contributed by atoms with Gasteiger partial charge in [0.25, 0.3) is 5.91 Å². The lowest BCUT2D eigenvalue weighted by Gasteiger charge is -2.56. The molecule has 4 aliphatic carbocycles. The van der Waals surface area contributed by atoms with Crippen LogP contribution in [0.1, 0.15) is 48.9 Å². The molecule has 4 aliphatic rings. The van der Waals surface area contributed by atoms with Gasteiger partial charge in [0.1, 0.15) is 0 Å². The Hall–Kier alpha value is -2.11. The van der Waals surface area contributed by atoms with Gasteiger partial charge < -0.3 is 14.8 Å². The average Bonchev–Trinajstić information content (AvgIpc) is 2.58. The fourth-order valence-electron chi connectivity index (χ4n) is 5.60. The van der Waals surface area contributed by atoms with Gasteiger partial charge in [-0.25, -0.2) is 9.18 Å². The zero-order valence-electron chi connectivity index (χ0n) is 14.9. The Morgan fingerprint density at radius 2 is 1.77 bits per heavy atom. The number of carbonyl (C=O) groups excluding carboxylic acids is 2. The number of hydrogen-bond acceptors (Lipinski definition) is 4. The molecule has 0 spiro atoms. The summed E-state index contributed by atoms with van der Waals surface area (Å²) < 4.78 is 23.6.